The molecular weight excluding hydrogens is 310 g/mol. The summed E-state index contributed by atoms with van der Waals surface area (Å²) in [6.07, 6.45) is 0.580. The summed E-state index contributed by atoms with van der Waals surface area (Å²) >= 11 is 0. The summed E-state index contributed by atoms with van der Waals surface area (Å²) in [7, 11) is 2.99. The Kier molecular flexibility index (Phi) is 7.22. The fraction of sp³-hybridized carbons (Fsp3) is 0.556. The van der Waals surface area contributed by atoms with Crippen LogP contribution < -0.4 is 10.1 Å². The van der Waals surface area contributed by atoms with Gasteiger partial charge in [0.2, 0.25) is 0 Å². The maximum atomic E-state index is 12.6. The van der Waals surface area contributed by atoms with Crippen molar-refractivity contribution >= 4 is 17.6 Å². The Morgan fingerprint density at radius 1 is 1.25 bits per heavy atom. The largest absolute Gasteiger partial charge is 0.496 e. The first-order valence-corrected chi connectivity index (χ1v) is 7.99. The van der Waals surface area contributed by atoms with E-state index < -0.39 is 11.6 Å². The van der Waals surface area contributed by atoms with E-state index in [9.17, 15) is 9.59 Å². The summed E-state index contributed by atoms with van der Waals surface area (Å²) in [6, 6.07) is 4.83. The van der Waals surface area contributed by atoms with Crippen LogP contribution in [0.2, 0.25) is 0 Å². The summed E-state index contributed by atoms with van der Waals surface area (Å²) in [5.74, 6) is -0.0735. The van der Waals surface area contributed by atoms with Gasteiger partial charge in [-0.3, -0.25) is 4.79 Å². The van der Waals surface area contributed by atoms with E-state index in [0.29, 0.717) is 23.8 Å². The van der Waals surface area contributed by atoms with E-state index in [1.54, 1.807) is 32.0 Å². The first-order chi connectivity index (χ1) is 11.3. The number of methoxy groups -OCH3 is 2. The van der Waals surface area contributed by atoms with Crippen molar-refractivity contribution in [1.29, 1.82) is 0 Å². The number of esters is 1. The van der Waals surface area contributed by atoms with Crippen LogP contribution in [0.4, 0.5) is 5.69 Å². The van der Waals surface area contributed by atoms with Crippen LogP contribution in [0, 0.1) is 5.92 Å². The van der Waals surface area contributed by atoms with E-state index in [-0.39, 0.29) is 18.1 Å². The predicted octanol–water partition coefficient (Wildman–Crippen LogP) is 3.26. The topological polar surface area (TPSA) is 73.9 Å². The molecule has 134 valence electrons. The molecule has 6 heteroatoms. The standard InChI is InChI=1S/C18H27NO5/c1-7-24-16(20)14-10-13(8-9-15(14)22-5)19-17(21)18(4,23-6)11-12(2)3/h8-10,12H,7,11H2,1-6H3,(H,19,21)/t18-/m0/s1. The highest BCUT2D eigenvalue weighted by Gasteiger charge is 2.34. The molecule has 0 saturated carbocycles. The third-order valence-corrected chi connectivity index (χ3v) is 3.68. The van der Waals surface area contributed by atoms with Crippen LogP contribution >= 0.6 is 0 Å². The molecular formula is C18H27NO5. The number of anilines is 1. The van der Waals surface area contributed by atoms with Gasteiger partial charge in [0.25, 0.3) is 5.91 Å². The zero-order chi connectivity index (χ0) is 18.3. The number of hydrogen-bond acceptors (Lipinski definition) is 5. The SMILES string of the molecule is CCOC(=O)c1cc(NC(=O)[C@](C)(CC(C)C)OC)ccc1OC. The van der Waals surface area contributed by atoms with Crippen molar-refractivity contribution in [2.75, 3.05) is 26.1 Å². The van der Waals surface area contributed by atoms with E-state index in [2.05, 4.69) is 5.32 Å². The summed E-state index contributed by atoms with van der Waals surface area (Å²) in [6.45, 7) is 7.78. The molecule has 0 spiro atoms. The number of benzene rings is 1. The van der Waals surface area contributed by atoms with Gasteiger partial charge in [0.05, 0.1) is 13.7 Å². The van der Waals surface area contributed by atoms with Crippen LogP contribution in [0.1, 0.15) is 44.5 Å². The van der Waals surface area contributed by atoms with Crippen molar-refractivity contribution in [3.63, 3.8) is 0 Å². The summed E-state index contributed by atoms with van der Waals surface area (Å²) in [4.78, 5) is 24.6. The van der Waals surface area contributed by atoms with Gasteiger partial charge in [-0.2, -0.15) is 0 Å². The van der Waals surface area contributed by atoms with Crippen LogP contribution in [-0.4, -0.2) is 38.3 Å². The van der Waals surface area contributed by atoms with Crippen molar-refractivity contribution < 1.29 is 23.8 Å². The molecule has 1 aromatic rings. The van der Waals surface area contributed by atoms with Crippen molar-refractivity contribution in [3.05, 3.63) is 23.8 Å². The lowest BCUT2D eigenvalue weighted by atomic mass is 9.93. The van der Waals surface area contributed by atoms with E-state index in [0.717, 1.165) is 0 Å². The molecule has 0 aliphatic rings. The van der Waals surface area contributed by atoms with Gasteiger partial charge in [0.15, 0.2) is 0 Å². The monoisotopic (exact) mass is 337 g/mol. The van der Waals surface area contributed by atoms with E-state index in [4.69, 9.17) is 14.2 Å². The van der Waals surface area contributed by atoms with Gasteiger partial charge in [-0.15, -0.1) is 0 Å². The number of rotatable bonds is 8. The normalized spacial score (nSPS) is 13.3. The Bertz CT molecular complexity index is 585. The van der Waals surface area contributed by atoms with Gasteiger partial charge < -0.3 is 19.5 Å². The highest BCUT2D eigenvalue weighted by atomic mass is 16.5. The molecule has 0 aliphatic heterocycles. The minimum absolute atomic E-state index is 0.259. The molecule has 0 fully saturated rings. The summed E-state index contributed by atoms with van der Waals surface area (Å²) in [5, 5.41) is 2.80. The minimum atomic E-state index is -0.946. The Hall–Kier alpha value is -2.08. The highest BCUT2D eigenvalue weighted by Crippen LogP contribution is 2.26. The van der Waals surface area contributed by atoms with Crippen LogP contribution in [-0.2, 0) is 14.3 Å². The van der Waals surface area contributed by atoms with Crippen LogP contribution in [0.15, 0.2) is 18.2 Å². The van der Waals surface area contributed by atoms with Gasteiger partial charge in [0.1, 0.15) is 16.9 Å². The second kappa shape index (κ2) is 8.68. The Morgan fingerprint density at radius 3 is 2.42 bits per heavy atom. The molecule has 0 aliphatic carbocycles. The first-order valence-electron chi connectivity index (χ1n) is 7.99. The Morgan fingerprint density at radius 2 is 1.92 bits per heavy atom. The number of ether oxygens (including phenoxy) is 3. The molecule has 6 nitrogen and oxygen atoms in total. The van der Waals surface area contributed by atoms with Gasteiger partial charge in [-0.25, -0.2) is 4.79 Å². The average Bonchev–Trinajstić information content (AvgIpc) is 2.54. The zero-order valence-electron chi connectivity index (χ0n) is 15.3. The first kappa shape index (κ1) is 20.0. The fourth-order valence-electron chi connectivity index (χ4n) is 2.47. The van der Waals surface area contributed by atoms with Gasteiger partial charge >= 0.3 is 5.97 Å². The van der Waals surface area contributed by atoms with Crippen molar-refractivity contribution in [3.8, 4) is 5.75 Å². The molecule has 1 amide bonds. The smallest absolute Gasteiger partial charge is 0.341 e. The maximum absolute atomic E-state index is 12.6. The number of hydrogen-bond donors (Lipinski definition) is 1. The molecule has 1 rings (SSSR count). The molecule has 1 atom stereocenters. The summed E-state index contributed by atoms with van der Waals surface area (Å²) < 4.78 is 15.6. The van der Waals surface area contributed by atoms with Crippen molar-refractivity contribution in [2.24, 2.45) is 5.92 Å². The Labute approximate surface area is 143 Å². The molecule has 1 N–H and O–H groups in total. The lowest BCUT2D eigenvalue weighted by Crippen LogP contribution is -2.43. The van der Waals surface area contributed by atoms with Crippen molar-refractivity contribution in [2.45, 2.75) is 39.7 Å². The molecule has 0 saturated heterocycles. The van der Waals surface area contributed by atoms with E-state index in [1.807, 2.05) is 13.8 Å². The third-order valence-electron chi connectivity index (χ3n) is 3.68. The number of nitrogens with one attached hydrogen (secondary N) is 1. The predicted molar refractivity (Wildman–Crippen MR) is 92.4 cm³/mol. The number of amides is 1. The quantitative estimate of drug-likeness (QED) is 0.737. The van der Waals surface area contributed by atoms with Crippen LogP contribution in [0.3, 0.4) is 0 Å². The number of carbonyl (C=O) groups is 2. The summed E-state index contributed by atoms with van der Waals surface area (Å²) in [5.41, 5.74) is -0.200. The molecule has 0 aromatic heterocycles. The van der Waals surface area contributed by atoms with Crippen molar-refractivity contribution in [1.82, 2.24) is 0 Å². The van der Waals surface area contributed by atoms with Crippen LogP contribution in [0.25, 0.3) is 0 Å². The van der Waals surface area contributed by atoms with E-state index >= 15 is 0 Å². The Balaban J connectivity index is 3.04. The van der Waals surface area contributed by atoms with Gasteiger partial charge in [-0.05, 0) is 44.4 Å². The zero-order valence-corrected chi connectivity index (χ0v) is 15.3. The molecule has 24 heavy (non-hydrogen) atoms. The van der Waals surface area contributed by atoms with E-state index in [1.165, 1.54) is 14.2 Å². The molecule has 0 bridgehead atoms. The fourth-order valence-corrected chi connectivity index (χ4v) is 2.47. The van der Waals surface area contributed by atoms with Gasteiger partial charge in [0, 0.05) is 12.8 Å². The second-order valence-electron chi connectivity index (χ2n) is 6.12. The average molecular weight is 337 g/mol. The number of carbonyl (C=O) groups excluding carboxylic acids is 2. The second-order valence-corrected chi connectivity index (χ2v) is 6.12. The molecule has 0 unspecified atom stereocenters. The van der Waals surface area contributed by atoms with Gasteiger partial charge in [-0.1, -0.05) is 13.8 Å². The van der Waals surface area contributed by atoms with Crippen LogP contribution in [0.5, 0.6) is 5.75 Å². The molecule has 0 radical (unpaired) electrons. The lowest BCUT2D eigenvalue weighted by molar-refractivity contribution is -0.137. The highest BCUT2D eigenvalue weighted by molar-refractivity contribution is 5.99. The molecule has 1 aromatic carbocycles. The third kappa shape index (κ3) is 4.96. The molecule has 0 heterocycles. The minimum Gasteiger partial charge on any atom is -0.496 e. The maximum Gasteiger partial charge on any atom is 0.341 e. The lowest BCUT2D eigenvalue weighted by Gasteiger charge is -2.28.